The first kappa shape index (κ1) is 11.4. The molecule has 1 aromatic rings. The average molecular weight is 235 g/mol. The van der Waals surface area contributed by atoms with E-state index < -0.39 is 0 Å². The molecule has 6 heteroatoms. The molecule has 0 amide bonds. The lowest BCUT2D eigenvalue weighted by atomic mass is 10.4. The highest BCUT2D eigenvalue weighted by atomic mass is 35.5. The number of aromatic nitrogens is 1. The highest BCUT2D eigenvalue weighted by Crippen LogP contribution is 2.17. The van der Waals surface area contributed by atoms with Crippen LogP contribution < -0.4 is 5.32 Å². The first-order valence-corrected chi connectivity index (χ1v) is 5.29. The summed E-state index contributed by atoms with van der Waals surface area (Å²) < 4.78 is 5.17. The van der Waals surface area contributed by atoms with Gasteiger partial charge in [-0.2, -0.15) is 0 Å². The highest BCUT2D eigenvalue weighted by Gasteiger charge is 2.01. The molecule has 0 saturated carbocycles. The monoisotopic (exact) mass is 234 g/mol. The lowest BCUT2D eigenvalue weighted by molar-refractivity contribution is -0.140. The van der Waals surface area contributed by atoms with Gasteiger partial charge in [-0.05, 0) is 0 Å². The van der Waals surface area contributed by atoms with Crippen LogP contribution in [0.15, 0.2) is 6.20 Å². The Hall–Kier alpha value is -0.650. The maximum Gasteiger partial charge on any atom is 0.306 e. The smallest absolute Gasteiger partial charge is 0.306 e. The first-order chi connectivity index (χ1) is 6.72. The van der Waals surface area contributed by atoms with Crippen LogP contribution in [0.5, 0.6) is 0 Å². The van der Waals surface area contributed by atoms with Gasteiger partial charge in [0.2, 0.25) is 0 Å². The van der Waals surface area contributed by atoms with E-state index in [1.54, 1.807) is 6.20 Å². The fraction of sp³-hybridized carbons (Fsp3) is 0.500. The van der Waals surface area contributed by atoms with E-state index in [9.17, 15) is 4.79 Å². The number of rotatable bonds is 5. The summed E-state index contributed by atoms with van der Waals surface area (Å²) >= 11 is 7.13. The van der Waals surface area contributed by atoms with Gasteiger partial charge in [-0.3, -0.25) is 4.79 Å². The van der Waals surface area contributed by atoms with E-state index in [1.165, 1.54) is 18.4 Å². The van der Waals surface area contributed by atoms with Crippen molar-refractivity contribution in [1.29, 1.82) is 0 Å². The largest absolute Gasteiger partial charge is 0.469 e. The van der Waals surface area contributed by atoms with Gasteiger partial charge >= 0.3 is 5.97 Å². The van der Waals surface area contributed by atoms with Crippen LogP contribution in [0, 0.1) is 0 Å². The zero-order valence-electron chi connectivity index (χ0n) is 7.75. The minimum absolute atomic E-state index is 0.213. The molecule has 0 aliphatic rings. The molecule has 78 valence electrons. The molecule has 1 heterocycles. The van der Waals surface area contributed by atoms with Gasteiger partial charge in [0.1, 0.15) is 9.34 Å². The quantitative estimate of drug-likeness (QED) is 0.619. The predicted molar refractivity (Wildman–Crippen MR) is 55.5 cm³/mol. The van der Waals surface area contributed by atoms with E-state index in [1.807, 2.05) is 0 Å². The van der Waals surface area contributed by atoms with E-state index in [0.29, 0.717) is 23.8 Å². The van der Waals surface area contributed by atoms with Crippen LogP contribution in [0.25, 0.3) is 0 Å². The zero-order valence-corrected chi connectivity index (χ0v) is 9.32. The maximum absolute atomic E-state index is 10.7. The molecule has 0 bridgehead atoms. The molecule has 0 fully saturated rings. The van der Waals surface area contributed by atoms with E-state index in [2.05, 4.69) is 15.0 Å². The van der Waals surface area contributed by atoms with Crippen LogP contribution in [-0.4, -0.2) is 24.6 Å². The van der Waals surface area contributed by atoms with E-state index in [-0.39, 0.29) is 5.97 Å². The Labute approximate surface area is 91.2 Å². The number of thiazole rings is 1. The van der Waals surface area contributed by atoms with E-state index in [4.69, 9.17) is 11.6 Å². The Kier molecular flexibility index (Phi) is 4.86. The molecule has 0 aromatic carbocycles. The van der Waals surface area contributed by atoms with Crippen molar-refractivity contribution in [2.45, 2.75) is 13.0 Å². The average Bonchev–Trinajstić information content (AvgIpc) is 2.58. The fourth-order valence-electron chi connectivity index (χ4n) is 0.858. The molecular weight excluding hydrogens is 224 g/mol. The van der Waals surface area contributed by atoms with Gasteiger partial charge in [-0.15, -0.1) is 11.3 Å². The first-order valence-electron chi connectivity index (χ1n) is 4.10. The molecule has 1 N–H and O–H groups in total. The van der Waals surface area contributed by atoms with Gasteiger partial charge in [-0.1, -0.05) is 11.6 Å². The number of esters is 1. The minimum atomic E-state index is -0.213. The number of hydrogen-bond donors (Lipinski definition) is 1. The number of hydrogen-bond acceptors (Lipinski definition) is 5. The molecule has 0 aliphatic heterocycles. The number of methoxy groups -OCH3 is 1. The minimum Gasteiger partial charge on any atom is -0.469 e. The summed E-state index contributed by atoms with van der Waals surface area (Å²) in [5.74, 6) is -0.213. The van der Waals surface area contributed by atoms with Gasteiger partial charge in [0.25, 0.3) is 0 Å². The molecule has 1 aromatic heterocycles. The maximum atomic E-state index is 10.7. The van der Waals surface area contributed by atoms with Gasteiger partial charge in [0.05, 0.1) is 19.7 Å². The number of ether oxygens (including phenoxy) is 1. The number of carbonyl (C=O) groups excluding carboxylic acids is 1. The molecule has 4 nitrogen and oxygen atoms in total. The standard InChI is InChI=1S/C8H11ClN2O2S/c1-13-8(12)2-3-10-5-7-11-4-6(9)14-7/h4,10H,2-3,5H2,1H3. The topological polar surface area (TPSA) is 51.2 Å². The summed E-state index contributed by atoms with van der Waals surface area (Å²) in [6, 6.07) is 0. The molecule has 0 unspecified atom stereocenters. The number of carbonyl (C=O) groups is 1. The Morgan fingerprint density at radius 2 is 2.57 bits per heavy atom. The van der Waals surface area contributed by atoms with Crippen LogP contribution in [0.3, 0.4) is 0 Å². The molecule has 1 rings (SSSR count). The van der Waals surface area contributed by atoms with Crippen molar-refractivity contribution < 1.29 is 9.53 Å². The van der Waals surface area contributed by atoms with Gasteiger partial charge in [0, 0.05) is 13.1 Å². The molecule has 0 atom stereocenters. The molecular formula is C8H11ClN2O2S. The Morgan fingerprint density at radius 3 is 3.14 bits per heavy atom. The highest BCUT2D eigenvalue weighted by molar-refractivity contribution is 7.15. The lowest BCUT2D eigenvalue weighted by Gasteiger charge is -2.00. The summed E-state index contributed by atoms with van der Waals surface area (Å²) in [7, 11) is 1.38. The van der Waals surface area contributed by atoms with Crippen molar-refractivity contribution in [3.63, 3.8) is 0 Å². The zero-order chi connectivity index (χ0) is 10.4. The number of nitrogens with one attached hydrogen (secondary N) is 1. The summed E-state index contributed by atoms with van der Waals surface area (Å²) in [4.78, 5) is 14.8. The molecule has 14 heavy (non-hydrogen) atoms. The van der Waals surface area contributed by atoms with E-state index in [0.717, 1.165) is 5.01 Å². The molecule has 0 radical (unpaired) electrons. The van der Waals surface area contributed by atoms with Crippen molar-refractivity contribution in [3.05, 3.63) is 15.5 Å². The normalized spacial score (nSPS) is 10.1. The summed E-state index contributed by atoms with van der Waals surface area (Å²) in [6.07, 6.45) is 1.99. The molecule has 0 spiro atoms. The molecule has 0 saturated heterocycles. The number of nitrogens with zero attached hydrogens (tertiary/aromatic N) is 1. The second-order valence-corrected chi connectivity index (χ2v) is 4.31. The second-order valence-electron chi connectivity index (χ2n) is 2.56. The Morgan fingerprint density at radius 1 is 1.79 bits per heavy atom. The summed E-state index contributed by atoms with van der Waals surface area (Å²) in [5, 5.41) is 3.99. The van der Waals surface area contributed by atoms with Crippen molar-refractivity contribution in [1.82, 2.24) is 10.3 Å². The lowest BCUT2D eigenvalue weighted by Crippen LogP contribution is -2.18. The van der Waals surface area contributed by atoms with Crippen LogP contribution in [-0.2, 0) is 16.1 Å². The van der Waals surface area contributed by atoms with Crippen molar-refractivity contribution in [2.75, 3.05) is 13.7 Å². The van der Waals surface area contributed by atoms with Gasteiger partial charge in [-0.25, -0.2) is 4.98 Å². The second kappa shape index (κ2) is 5.95. The fourth-order valence-corrected chi connectivity index (χ4v) is 1.78. The van der Waals surface area contributed by atoms with Crippen molar-refractivity contribution in [3.8, 4) is 0 Å². The van der Waals surface area contributed by atoms with Crippen LogP contribution >= 0.6 is 22.9 Å². The summed E-state index contributed by atoms with van der Waals surface area (Å²) in [6.45, 7) is 1.22. The third kappa shape index (κ3) is 4.04. The third-order valence-corrected chi connectivity index (χ3v) is 2.65. The summed E-state index contributed by atoms with van der Waals surface area (Å²) in [5.41, 5.74) is 0. The van der Waals surface area contributed by atoms with Gasteiger partial charge < -0.3 is 10.1 Å². The Bertz CT molecular complexity index is 303. The van der Waals surface area contributed by atoms with E-state index >= 15 is 0 Å². The van der Waals surface area contributed by atoms with Crippen LogP contribution in [0.1, 0.15) is 11.4 Å². The molecule has 0 aliphatic carbocycles. The SMILES string of the molecule is COC(=O)CCNCc1ncc(Cl)s1. The van der Waals surface area contributed by atoms with Crippen molar-refractivity contribution in [2.24, 2.45) is 0 Å². The van der Waals surface area contributed by atoms with Crippen LogP contribution in [0.2, 0.25) is 4.34 Å². The predicted octanol–water partition coefficient (Wildman–Crippen LogP) is 1.45. The van der Waals surface area contributed by atoms with Crippen molar-refractivity contribution >= 4 is 28.9 Å². The Balaban J connectivity index is 2.13. The number of halogens is 1. The third-order valence-electron chi connectivity index (χ3n) is 1.54. The van der Waals surface area contributed by atoms with Crippen LogP contribution in [0.4, 0.5) is 0 Å². The van der Waals surface area contributed by atoms with Gasteiger partial charge in [0.15, 0.2) is 0 Å².